The van der Waals surface area contributed by atoms with Gasteiger partial charge in [0.15, 0.2) is 0 Å². The second-order valence-corrected chi connectivity index (χ2v) is 6.74. The second kappa shape index (κ2) is 11.2. The lowest BCUT2D eigenvalue weighted by molar-refractivity contribution is -0.199. The monoisotopic (exact) mass is 475 g/mol. The SMILES string of the molecule is CCOC(=O)C(O)(CC1=NC(C)(C(=O)OC)OC1(C(=O)OCC)C(=O)OCC)C(=O)OCC. The van der Waals surface area contributed by atoms with E-state index in [2.05, 4.69) is 9.73 Å². The largest absolute Gasteiger partial charge is 0.465 e. The van der Waals surface area contributed by atoms with Crippen molar-refractivity contribution in [2.24, 2.45) is 4.99 Å². The quantitative estimate of drug-likeness (QED) is 0.230. The summed E-state index contributed by atoms with van der Waals surface area (Å²) in [6.45, 7) is 5.94. The van der Waals surface area contributed by atoms with Crippen molar-refractivity contribution < 1.29 is 57.5 Å². The van der Waals surface area contributed by atoms with Crippen LogP contribution in [0, 0.1) is 0 Å². The van der Waals surface area contributed by atoms with Crippen LogP contribution in [0.4, 0.5) is 0 Å². The molecule has 1 atom stereocenters. The van der Waals surface area contributed by atoms with Crippen molar-refractivity contribution in [1.82, 2.24) is 0 Å². The first-order chi connectivity index (χ1) is 15.4. The van der Waals surface area contributed by atoms with E-state index in [0.717, 1.165) is 14.0 Å². The van der Waals surface area contributed by atoms with Crippen molar-refractivity contribution in [2.75, 3.05) is 33.5 Å². The number of ether oxygens (including phenoxy) is 6. The van der Waals surface area contributed by atoms with E-state index in [1.54, 1.807) is 0 Å². The average Bonchev–Trinajstić information content (AvgIpc) is 3.07. The minimum atomic E-state index is -3.04. The number of methoxy groups -OCH3 is 1. The van der Waals surface area contributed by atoms with E-state index < -0.39 is 58.9 Å². The van der Waals surface area contributed by atoms with Gasteiger partial charge in [-0.2, -0.15) is 0 Å². The molecular formula is C20H29NO12. The van der Waals surface area contributed by atoms with Crippen LogP contribution in [0.1, 0.15) is 41.0 Å². The Balaban J connectivity index is 3.78. The molecule has 0 spiro atoms. The van der Waals surface area contributed by atoms with Crippen molar-refractivity contribution in [2.45, 2.75) is 58.0 Å². The van der Waals surface area contributed by atoms with Gasteiger partial charge in [0.05, 0.1) is 39.2 Å². The number of aliphatic imine (C=N–C) groups is 1. The minimum absolute atomic E-state index is 0.217. The summed E-state index contributed by atoms with van der Waals surface area (Å²) >= 11 is 0. The Hall–Kier alpha value is -3.06. The Kier molecular flexibility index (Phi) is 9.48. The van der Waals surface area contributed by atoms with Gasteiger partial charge in [0.1, 0.15) is 0 Å². The number of nitrogens with zero attached hydrogens (tertiary/aromatic N) is 1. The van der Waals surface area contributed by atoms with Crippen molar-refractivity contribution in [3.05, 3.63) is 0 Å². The van der Waals surface area contributed by atoms with E-state index in [1.165, 1.54) is 27.7 Å². The van der Waals surface area contributed by atoms with E-state index in [4.69, 9.17) is 23.7 Å². The molecule has 0 aliphatic carbocycles. The fraction of sp³-hybridized carbons (Fsp3) is 0.700. The number of hydrogen-bond acceptors (Lipinski definition) is 13. The molecule has 33 heavy (non-hydrogen) atoms. The highest BCUT2D eigenvalue weighted by molar-refractivity contribution is 6.29. The van der Waals surface area contributed by atoms with Gasteiger partial charge in [0, 0.05) is 6.42 Å². The summed E-state index contributed by atoms with van der Waals surface area (Å²) in [5, 5.41) is 11.0. The van der Waals surface area contributed by atoms with Crippen LogP contribution in [0.5, 0.6) is 0 Å². The highest BCUT2D eigenvalue weighted by Gasteiger charge is 2.67. The molecule has 0 fully saturated rings. The van der Waals surface area contributed by atoms with Crippen LogP contribution in [0.3, 0.4) is 0 Å². The van der Waals surface area contributed by atoms with Gasteiger partial charge in [-0.15, -0.1) is 0 Å². The molecular weight excluding hydrogens is 446 g/mol. The zero-order valence-electron chi connectivity index (χ0n) is 19.4. The fourth-order valence-electron chi connectivity index (χ4n) is 3.00. The normalized spacial score (nSPS) is 19.2. The Morgan fingerprint density at radius 1 is 0.848 bits per heavy atom. The van der Waals surface area contributed by atoms with Crippen LogP contribution < -0.4 is 0 Å². The van der Waals surface area contributed by atoms with Gasteiger partial charge in [0.25, 0.3) is 11.3 Å². The lowest BCUT2D eigenvalue weighted by atomic mass is 9.87. The maximum atomic E-state index is 13.0. The van der Waals surface area contributed by atoms with Crippen LogP contribution in [0.25, 0.3) is 0 Å². The molecule has 1 aliphatic rings. The van der Waals surface area contributed by atoms with Crippen LogP contribution in [-0.4, -0.2) is 91.1 Å². The zero-order valence-corrected chi connectivity index (χ0v) is 19.4. The van der Waals surface area contributed by atoms with Crippen LogP contribution >= 0.6 is 0 Å². The lowest BCUT2D eigenvalue weighted by Crippen LogP contribution is -2.60. The molecule has 13 heteroatoms. The number of carbonyl (C=O) groups excluding carboxylic acids is 5. The molecule has 186 valence electrons. The average molecular weight is 475 g/mol. The number of hydrogen-bond donors (Lipinski definition) is 1. The maximum absolute atomic E-state index is 13.0. The summed E-state index contributed by atoms with van der Waals surface area (Å²) in [5.41, 5.74) is -8.86. The van der Waals surface area contributed by atoms with Crippen molar-refractivity contribution in [3.63, 3.8) is 0 Å². The molecule has 0 saturated carbocycles. The molecule has 1 heterocycles. The lowest BCUT2D eigenvalue weighted by Gasteiger charge is -2.30. The van der Waals surface area contributed by atoms with Gasteiger partial charge in [-0.25, -0.2) is 29.0 Å². The highest BCUT2D eigenvalue weighted by Crippen LogP contribution is 2.38. The molecule has 0 aromatic heterocycles. The Labute approximate surface area is 190 Å². The van der Waals surface area contributed by atoms with Gasteiger partial charge in [-0.05, 0) is 34.6 Å². The van der Waals surface area contributed by atoms with E-state index in [-0.39, 0.29) is 26.4 Å². The van der Waals surface area contributed by atoms with Gasteiger partial charge < -0.3 is 33.5 Å². The Bertz CT molecular complexity index is 784. The van der Waals surface area contributed by atoms with E-state index in [0.29, 0.717) is 0 Å². The fourth-order valence-corrected chi connectivity index (χ4v) is 3.00. The standard InChI is InChI=1S/C20H29NO12/c1-7-29-14(23)19(27,15(24)30-8-2)11-12-20(16(25)31-9-3,17(26)32-10-4)33-18(5,21-12)13(22)28-6/h27H,7-11H2,1-6H3. The number of esters is 5. The Morgan fingerprint density at radius 3 is 1.64 bits per heavy atom. The van der Waals surface area contributed by atoms with Crippen molar-refractivity contribution in [1.29, 1.82) is 0 Å². The smallest absolute Gasteiger partial charge is 0.361 e. The molecule has 0 saturated heterocycles. The molecule has 0 amide bonds. The first-order valence-electron chi connectivity index (χ1n) is 10.2. The Morgan fingerprint density at radius 2 is 1.27 bits per heavy atom. The summed E-state index contributed by atoms with van der Waals surface area (Å²) in [7, 11) is 1.01. The number of carbonyl (C=O) groups is 5. The number of rotatable bonds is 11. The van der Waals surface area contributed by atoms with E-state index in [1.807, 2.05) is 0 Å². The van der Waals surface area contributed by atoms with Crippen LogP contribution in [0.2, 0.25) is 0 Å². The van der Waals surface area contributed by atoms with Crippen LogP contribution in [0.15, 0.2) is 4.99 Å². The number of aliphatic hydroxyl groups is 1. The first-order valence-corrected chi connectivity index (χ1v) is 10.2. The zero-order chi connectivity index (χ0) is 25.4. The third kappa shape index (κ3) is 5.30. The second-order valence-electron chi connectivity index (χ2n) is 6.74. The minimum Gasteiger partial charge on any atom is -0.465 e. The predicted octanol–water partition coefficient (Wildman–Crippen LogP) is -0.541. The van der Waals surface area contributed by atoms with Gasteiger partial charge in [0.2, 0.25) is 0 Å². The third-order valence-electron chi connectivity index (χ3n) is 4.45. The summed E-state index contributed by atoms with van der Waals surface area (Å²) in [6.07, 6.45) is -1.12. The molecule has 1 aliphatic heterocycles. The van der Waals surface area contributed by atoms with Crippen LogP contribution in [-0.2, 0) is 52.4 Å². The summed E-state index contributed by atoms with van der Waals surface area (Å²) in [6, 6.07) is 0. The van der Waals surface area contributed by atoms with E-state index in [9.17, 15) is 29.1 Å². The summed E-state index contributed by atoms with van der Waals surface area (Å²) in [4.78, 5) is 67.3. The van der Waals surface area contributed by atoms with Gasteiger partial charge in [-0.3, -0.25) is 0 Å². The molecule has 0 radical (unpaired) electrons. The molecule has 1 N–H and O–H groups in total. The van der Waals surface area contributed by atoms with Gasteiger partial charge in [-0.1, -0.05) is 0 Å². The third-order valence-corrected chi connectivity index (χ3v) is 4.45. The molecule has 1 rings (SSSR count). The maximum Gasteiger partial charge on any atom is 0.361 e. The molecule has 0 aromatic rings. The van der Waals surface area contributed by atoms with Crippen molar-refractivity contribution in [3.8, 4) is 0 Å². The van der Waals surface area contributed by atoms with E-state index >= 15 is 0 Å². The summed E-state index contributed by atoms with van der Waals surface area (Å²) < 4.78 is 29.6. The molecule has 13 nitrogen and oxygen atoms in total. The topological polar surface area (TPSA) is 173 Å². The molecule has 0 aromatic carbocycles. The molecule has 0 bridgehead atoms. The molecule has 1 unspecified atom stereocenters. The first kappa shape index (κ1) is 28.0. The highest BCUT2D eigenvalue weighted by atomic mass is 16.7. The summed E-state index contributed by atoms with van der Waals surface area (Å²) in [5.74, 6) is -6.67. The van der Waals surface area contributed by atoms with Gasteiger partial charge >= 0.3 is 35.4 Å². The van der Waals surface area contributed by atoms with Crippen molar-refractivity contribution >= 4 is 35.6 Å². The predicted molar refractivity (Wildman–Crippen MR) is 108 cm³/mol.